The van der Waals surface area contributed by atoms with Gasteiger partial charge in [-0.2, -0.15) is 0 Å². The average molecular weight is 731 g/mol. The Labute approximate surface area is 302 Å². The van der Waals surface area contributed by atoms with Gasteiger partial charge in [0.15, 0.2) is 6.10 Å². The lowest BCUT2D eigenvalue weighted by Crippen LogP contribution is -2.50. The van der Waals surface area contributed by atoms with Gasteiger partial charge < -0.3 is 30.3 Å². The first kappa shape index (κ1) is 39.4. The number of hydrogen-bond donors (Lipinski definition) is 4. The minimum atomic E-state index is -4.81. The number of aromatic nitrogens is 1. The summed E-state index contributed by atoms with van der Waals surface area (Å²) in [6, 6.07) is 29.0. The number of alkyl carbamates (subject to hydrolysis) is 1. The highest BCUT2D eigenvalue weighted by Gasteiger charge is 2.40. The fourth-order valence-corrected chi connectivity index (χ4v) is 6.40. The monoisotopic (exact) mass is 730 g/mol. The molecule has 0 aliphatic carbocycles. The van der Waals surface area contributed by atoms with Gasteiger partial charge in [-0.05, 0) is 54.2 Å². The first-order chi connectivity index (χ1) is 25.1. The molecule has 14 heteroatoms. The van der Waals surface area contributed by atoms with Crippen LogP contribution in [-0.2, 0) is 58.8 Å². The molecule has 1 aromatic heterocycles. The summed E-state index contributed by atoms with van der Waals surface area (Å²) in [5, 5.41) is 7.30. The average Bonchev–Trinajstić information content (AvgIpc) is 3.15. The van der Waals surface area contributed by atoms with Crippen molar-refractivity contribution in [3.05, 3.63) is 138 Å². The van der Waals surface area contributed by atoms with Gasteiger partial charge in [0.25, 0.3) is 0 Å². The van der Waals surface area contributed by atoms with Crippen LogP contribution in [0.15, 0.2) is 116 Å². The van der Waals surface area contributed by atoms with Gasteiger partial charge in [-0.25, -0.2) is 9.59 Å². The Morgan fingerprint density at radius 2 is 1.33 bits per heavy atom. The molecule has 3 amide bonds. The predicted molar refractivity (Wildman–Crippen MR) is 193 cm³/mol. The first-order valence-electron chi connectivity index (χ1n) is 16.8. The van der Waals surface area contributed by atoms with Crippen molar-refractivity contribution >= 4 is 31.5 Å². The van der Waals surface area contributed by atoms with Crippen LogP contribution >= 0.6 is 7.60 Å². The number of nitrogens with one attached hydrogen (secondary N) is 3. The fourth-order valence-electron chi connectivity index (χ4n) is 5.00. The van der Waals surface area contributed by atoms with Crippen molar-refractivity contribution in [3.8, 4) is 0 Å². The van der Waals surface area contributed by atoms with Crippen molar-refractivity contribution in [2.75, 3.05) is 13.2 Å². The van der Waals surface area contributed by atoms with E-state index < -0.39 is 55.9 Å². The van der Waals surface area contributed by atoms with E-state index in [2.05, 4.69) is 20.9 Å². The second-order valence-corrected chi connectivity index (χ2v) is 13.9. The minimum Gasteiger partial charge on any atom is -0.464 e. The molecule has 13 nitrogen and oxygen atoms in total. The van der Waals surface area contributed by atoms with E-state index in [9.17, 15) is 28.6 Å². The lowest BCUT2D eigenvalue weighted by atomic mass is 10.1. The largest absolute Gasteiger partial charge is 0.464 e. The SMILES string of the molecule is C[C@@H](NC(=O)CNC(=O)OCc1ccccc1)C(=O)N[C@@H](Cc1ccccc1)P(=O)(O)O[C@@H](Cc1ccccc1)C(=O)OCCCc1ccncc1. The number of rotatable bonds is 19. The zero-order chi connectivity index (χ0) is 37.2. The zero-order valence-electron chi connectivity index (χ0n) is 28.8. The maximum atomic E-state index is 14.0. The summed E-state index contributed by atoms with van der Waals surface area (Å²) in [7, 11) is -4.81. The molecule has 4 atom stereocenters. The van der Waals surface area contributed by atoms with E-state index in [1.54, 1.807) is 97.3 Å². The smallest absolute Gasteiger partial charge is 0.407 e. The second-order valence-electron chi connectivity index (χ2n) is 11.9. The molecule has 3 aromatic carbocycles. The Bertz CT molecular complexity index is 1770. The van der Waals surface area contributed by atoms with Gasteiger partial charge in [0.05, 0.1) is 6.61 Å². The van der Waals surface area contributed by atoms with Crippen molar-refractivity contribution < 1.29 is 42.6 Å². The molecule has 0 fully saturated rings. The normalized spacial score (nSPS) is 13.7. The Hall–Kier alpha value is -5.36. The van der Waals surface area contributed by atoms with E-state index in [0.29, 0.717) is 24.0 Å². The number of carbonyl (C=O) groups excluding carboxylic acids is 4. The first-order valence-corrected chi connectivity index (χ1v) is 18.4. The summed E-state index contributed by atoms with van der Waals surface area (Å²) in [5.74, 6) is -3.83. The van der Waals surface area contributed by atoms with Gasteiger partial charge in [-0.3, -0.25) is 23.7 Å². The van der Waals surface area contributed by atoms with E-state index in [4.69, 9.17) is 14.0 Å². The topological polar surface area (TPSA) is 182 Å². The predicted octanol–water partition coefficient (Wildman–Crippen LogP) is 4.49. The Morgan fingerprint density at radius 1 is 0.750 bits per heavy atom. The van der Waals surface area contributed by atoms with Crippen LogP contribution in [0, 0.1) is 0 Å². The van der Waals surface area contributed by atoms with Gasteiger partial charge in [0.1, 0.15) is 25.0 Å². The molecule has 0 aliphatic heterocycles. The van der Waals surface area contributed by atoms with Gasteiger partial charge in [-0.15, -0.1) is 0 Å². The molecule has 0 spiro atoms. The third kappa shape index (κ3) is 13.7. The van der Waals surface area contributed by atoms with E-state index >= 15 is 0 Å². The molecular formula is C38H43N4O9P. The molecule has 1 heterocycles. The standard InChI is InChI=1S/C38H43N4O9P/c1-28(41-34(43)26-40-38(46)50-27-32-16-9-4-10-17-32)36(44)42-35(25-31-14-7-3-8-15-31)52(47,48)51-33(24-30-12-5-2-6-13-30)37(45)49-23-11-18-29-19-21-39-22-20-29/h2-10,12-17,19-22,28,33,35H,11,18,23-27H2,1H3,(H,40,46)(H,41,43)(H,42,44)(H,47,48)/t28-,33+,35-/m1/s1. The number of amides is 3. The van der Waals surface area contributed by atoms with E-state index in [1.165, 1.54) is 6.92 Å². The summed E-state index contributed by atoms with van der Waals surface area (Å²) in [6.07, 6.45) is 2.00. The highest BCUT2D eigenvalue weighted by atomic mass is 31.2. The fraction of sp³-hybridized carbons (Fsp3) is 0.289. The van der Waals surface area contributed by atoms with Crippen LogP contribution < -0.4 is 16.0 Å². The summed E-state index contributed by atoms with van der Waals surface area (Å²) < 4.78 is 30.3. The molecule has 274 valence electrons. The molecule has 1 unspecified atom stereocenters. The van der Waals surface area contributed by atoms with Gasteiger partial charge in [0, 0.05) is 25.2 Å². The minimum absolute atomic E-state index is 0.00940. The number of esters is 1. The van der Waals surface area contributed by atoms with Crippen molar-refractivity contribution in [3.63, 3.8) is 0 Å². The second kappa shape index (κ2) is 20.5. The van der Waals surface area contributed by atoms with Gasteiger partial charge in [0.2, 0.25) is 11.8 Å². The third-order valence-electron chi connectivity index (χ3n) is 7.76. The van der Waals surface area contributed by atoms with E-state index in [-0.39, 0.29) is 26.1 Å². The Kier molecular flexibility index (Phi) is 15.5. The number of nitrogens with zero attached hydrogens (tertiary/aromatic N) is 1. The Balaban J connectivity index is 1.39. The van der Waals surface area contributed by atoms with Crippen molar-refractivity contribution in [1.29, 1.82) is 0 Å². The van der Waals surface area contributed by atoms with Crippen LogP contribution in [0.1, 0.15) is 35.6 Å². The van der Waals surface area contributed by atoms with E-state index in [0.717, 1.165) is 11.1 Å². The van der Waals surface area contributed by atoms with Crippen LogP contribution in [0.25, 0.3) is 0 Å². The number of carbonyl (C=O) groups is 4. The molecule has 0 bridgehead atoms. The lowest BCUT2D eigenvalue weighted by Gasteiger charge is -2.28. The van der Waals surface area contributed by atoms with Crippen LogP contribution in [0.3, 0.4) is 0 Å². The van der Waals surface area contributed by atoms with Crippen LogP contribution in [-0.4, -0.2) is 64.8 Å². The number of benzene rings is 3. The van der Waals surface area contributed by atoms with Gasteiger partial charge in [-0.1, -0.05) is 91.0 Å². The van der Waals surface area contributed by atoms with Gasteiger partial charge >= 0.3 is 19.7 Å². The van der Waals surface area contributed by atoms with Crippen LogP contribution in [0.2, 0.25) is 0 Å². The molecule has 4 N–H and O–H groups in total. The molecule has 0 radical (unpaired) electrons. The number of pyridine rings is 1. The molecule has 4 aromatic rings. The highest BCUT2D eigenvalue weighted by molar-refractivity contribution is 7.53. The number of aryl methyl sites for hydroxylation is 1. The molecule has 0 saturated carbocycles. The number of hydrogen-bond acceptors (Lipinski definition) is 9. The van der Waals surface area contributed by atoms with E-state index in [1.807, 2.05) is 18.2 Å². The number of ether oxygens (including phenoxy) is 2. The Morgan fingerprint density at radius 3 is 1.94 bits per heavy atom. The maximum Gasteiger partial charge on any atom is 0.407 e. The molecule has 0 saturated heterocycles. The summed E-state index contributed by atoms with van der Waals surface area (Å²) in [5.41, 5.74) is 3.06. The van der Waals surface area contributed by atoms with Crippen molar-refractivity contribution in [1.82, 2.24) is 20.9 Å². The lowest BCUT2D eigenvalue weighted by molar-refractivity contribution is -0.152. The van der Waals surface area contributed by atoms with Crippen molar-refractivity contribution in [2.45, 2.75) is 57.1 Å². The molecule has 0 aliphatic rings. The molecular weight excluding hydrogens is 687 g/mol. The van der Waals surface area contributed by atoms with Crippen molar-refractivity contribution in [2.24, 2.45) is 0 Å². The molecule has 4 rings (SSSR count). The van der Waals surface area contributed by atoms with Crippen LogP contribution in [0.5, 0.6) is 0 Å². The van der Waals surface area contributed by atoms with Crippen LogP contribution in [0.4, 0.5) is 4.79 Å². The maximum absolute atomic E-state index is 14.0. The summed E-state index contributed by atoms with van der Waals surface area (Å²) in [6.45, 7) is 0.958. The highest BCUT2D eigenvalue weighted by Crippen LogP contribution is 2.49. The summed E-state index contributed by atoms with van der Waals surface area (Å²) in [4.78, 5) is 66.6. The zero-order valence-corrected chi connectivity index (χ0v) is 29.7. The summed E-state index contributed by atoms with van der Waals surface area (Å²) >= 11 is 0. The quantitative estimate of drug-likeness (QED) is 0.0610. The third-order valence-corrected chi connectivity index (χ3v) is 9.42. The molecule has 52 heavy (non-hydrogen) atoms.